The van der Waals surface area contributed by atoms with Crippen molar-refractivity contribution >= 4 is 66.1 Å². The normalized spacial score (nSPS) is 11.5. The van der Waals surface area contributed by atoms with E-state index in [9.17, 15) is 8.42 Å². The van der Waals surface area contributed by atoms with Crippen LogP contribution in [0.1, 0.15) is 10.4 Å². The van der Waals surface area contributed by atoms with Gasteiger partial charge >= 0.3 is 0 Å². The lowest BCUT2D eigenvalue weighted by molar-refractivity contribution is 0.582. The van der Waals surface area contributed by atoms with Gasteiger partial charge in [-0.2, -0.15) is 0 Å². The second-order valence-corrected chi connectivity index (χ2v) is 9.17. The van der Waals surface area contributed by atoms with E-state index < -0.39 is 10.0 Å². The minimum atomic E-state index is -3.70. The number of hydrogen-bond acceptors (Lipinski definition) is 4. The lowest BCUT2D eigenvalue weighted by atomic mass is 10.2. The number of thiophene rings is 1. The first-order valence-corrected chi connectivity index (χ1v) is 9.51. The van der Waals surface area contributed by atoms with E-state index in [1.54, 1.807) is 0 Å². The molecular weight excluding hydrogens is 416 g/mol. The van der Waals surface area contributed by atoms with Crippen LogP contribution in [0.15, 0.2) is 39.0 Å². The molecule has 0 radical (unpaired) electrons. The zero-order valence-corrected chi connectivity index (χ0v) is 15.3. The molecule has 112 valence electrons. The fraction of sp³-hybridized carbons (Fsp3) is 0.0833. The molecule has 2 aromatic rings. The molecule has 0 aliphatic carbocycles. The van der Waals surface area contributed by atoms with Gasteiger partial charge in [0.05, 0.1) is 8.81 Å². The van der Waals surface area contributed by atoms with Crippen LogP contribution in [0, 0.1) is 0 Å². The Bertz CT molecular complexity index is 790. The van der Waals surface area contributed by atoms with Crippen LogP contribution in [-0.2, 0) is 16.6 Å². The Kier molecular flexibility index (Phi) is 5.39. The van der Waals surface area contributed by atoms with E-state index in [1.807, 2.05) is 12.1 Å². The Morgan fingerprint density at radius 1 is 1.38 bits per heavy atom. The van der Waals surface area contributed by atoms with Crippen LogP contribution in [0.3, 0.4) is 0 Å². The number of nitrogens with two attached hydrogens (primary N) is 1. The van der Waals surface area contributed by atoms with Gasteiger partial charge in [0.2, 0.25) is 10.0 Å². The largest absolute Gasteiger partial charge is 0.389 e. The SMILES string of the molecule is NC(=S)c1ccc(S(=O)(=O)NCc2ccc(Br)s2)c(Cl)c1. The summed E-state index contributed by atoms with van der Waals surface area (Å²) >= 11 is 15.6. The summed E-state index contributed by atoms with van der Waals surface area (Å²) in [6.45, 7) is 0.200. The number of halogens is 2. The molecule has 1 heterocycles. The molecule has 0 spiro atoms. The molecule has 0 saturated carbocycles. The maximum Gasteiger partial charge on any atom is 0.242 e. The third kappa shape index (κ3) is 4.24. The summed E-state index contributed by atoms with van der Waals surface area (Å²) < 4.78 is 27.9. The molecule has 0 saturated heterocycles. The van der Waals surface area contributed by atoms with Gasteiger partial charge in [-0.05, 0) is 40.2 Å². The molecule has 0 aliphatic rings. The molecule has 0 bridgehead atoms. The van der Waals surface area contributed by atoms with Crippen molar-refractivity contribution in [3.63, 3.8) is 0 Å². The standard InChI is InChI=1S/C12H10BrClN2O2S3/c13-11-4-2-8(20-11)6-16-21(17,18)10-3-1-7(12(15)19)5-9(10)14/h1-5,16H,6H2,(H2,15,19). The molecule has 1 aromatic carbocycles. The van der Waals surface area contributed by atoms with E-state index in [0.717, 1.165) is 8.66 Å². The highest BCUT2D eigenvalue weighted by Gasteiger charge is 2.18. The predicted molar refractivity (Wildman–Crippen MR) is 93.4 cm³/mol. The van der Waals surface area contributed by atoms with Crippen LogP contribution < -0.4 is 10.5 Å². The molecule has 2 rings (SSSR count). The van der Waals surface area contributed by atoms with E-state index in [-0.39, 0.29) is 21.5 Å². The summed E-state index contributed by atoms with van der Waals surface area (Å²) in [6, 6.07) is 8.07. The maximum absolute atomic E-state index is 12.2. The fourth-order valence-corrected chi connectivity index (χ4v) is 4.75. The second kappa shape index (κ2) is 6.72. The van der Waals surface area contributed by atoms with Gasteiger partial charge in [-0.25, -0.2) is 13.1 Å². The van der Waals surface area contributed by atoms with Gasteiger partial charge in [0, 0.05) is 17.0 Å². The van der Waals surface area contributed by atoms with Crippen LogP contribution in [0.5, 0.6) is 0 Å². The first kappa shape index (κ1) is 16.9. The van der Waals surface area contributed by atoms with E-state index in [4.69, 9.17) is 29.6 Å². The fourth-order valence-electron chi connectivity index (χ4n) is 1.56. The summed E-state index contributed by atoms with van der Waals surface area (Å²) in [5.74, 6) is 0. The molecule has 3 N–H and O–H groups in total. The highest BCUT2D eigenvalue weighted by Crippen LogP contribution is 2.25. The zero-order valence-electron chi connectivity index (χ0n) is 10.5. The van der Waals surface area contributed by atoms with Crippen molar-refractivity contribution in [2.75, 3.05) is 0 Å². The van der Waals surface area contributed by atoms with Gasteiger partial charge < -0.3 is 5.73 Å². The first-order valence-electron chi connectivity index (χ1n) is 5.63. The molecule has 21 heavy (non-hydrogen) atoms. The van der Waals surface area contributed by atoms with Crippen molar-refractivity contribution in [2.45, 2.75) is 11.4 Å². The van der Waals surface area contributed by atoms with Crippen molar-refractivity contribution in [1.29, 1.82) is 0 Å². The topological polar surface area (TPSA) is 72.2 Å². The number of thiocarbonyl (C=S) groups is 1. The second-order valence-electron chi connectivity index (χ2n) is 4.04. The van der Waals surface area contributed by atoms with E-state index in [1.165, 1.54) is 29.5 Å². The van der Waals surface area contributed by atoms with Crippen molar-refractivity contribution in [3.05, 3.63) is 49.6 Å². The van der Waals surface area contributed by atoms with Crippen molar-refractivity contribution < 1.29 is 8.42 Å². The van der Waals surface area contributed by atoms with Crippen LogP contribution >= 0.6 is 51.1 Å². The van der Waals surface area contributed by atoms with Crippen LogP contribution in [0.25, 0.3) is 0 Å². The van der Waals surface area contributed by atoms with Gasteiger partial charge in [-0.15, -0.1) is 11.3 Å². The van der Waals surface area contributed by atoms with Gasteiger partial charge in [-0.1, -0.05) is 29.9 Å². The highest BCUT2D eigenvalue weighted by atomic mass is 79.9. The minimum Gasteiger partial charge on any atom is -0.389 e. The van der Waals surface area contributed by atoms with Crippen LogP contribution in [0.4, 0.5) is 0 Å². The quantitative estimate of drug-likeness (QED) is 0.721. The lowest BCUT2D eigenvalue weighted by Gasteiger charge is -2.08. The summed E-state index contributed by atoms with van der Waals surface area (Å²) in [5, 5.41) is 0.0835. The molecule has 9 heteroatoms. The summed E-state index contributed by atoms with van der Waals surface area (Å²) in [5.41, 5.74) is 6.01. The van der Waals surface area contributed by atoms with Gasteiger partial charge in [0.25, 0.3) is 0 Å². The summed E-state index contributed by atoms with van der Waals surface area (Å²) in [4.78, 5) is 1.05. The Labute approximate surface area is 145 Å². The first-order chi connectivity index (χ1) is 9.79. The van der Waals surface area contributed by atoms with Gasteiger partial charge in [0.15, 0.2) is 0 Å². The Balaban J connectivity index is 2.21. The minimum absolute atomic E-state index is 0.000196. The van der Waals surface area contributed by atoms with E-state index in [0.29, 0.717) is 5.56 Å². The number of sulfonamides is 1. The number of benzene rings is 1. The summed E-state index contributed by atoms with van der Waals surface area (Å²) in [7, 11) is -3.70. The molecule has 1 aromatic heterocycles. The smallest absolute Gasteiger partial charge is 0.242 e. The molecule has 0 amide bonds. The van der Waals surface area contributed by atoms with E-state index >= 15 is 0 Å². The zero-order chi connectivity index (χ0) is 15.6. The molecule has 4 nitrogen and oxygen atoms in total. The van der Waals surface area contributed by atoms with E-state index in [2.05, 4.69) is 20.7 Å². The third-order valence-electron chi connectivity index (χ3n) is 2.57. The van der Waals surface area contributed by atoms with Gasteiger partial charge in [0.1, 0.15) is 9.88 Å². The number of rotatable bonds is 5. The van der Waals surface area contributed by atoms with Crippen molar-refractivity contribution in [1.82, 2.24) is 4.72 Å². The van der Waals surface area contributed by atoms with Gasteiger partial charge in [-0.3, -0.25) is 0 Å². The molecule has 0 atom stereocenters. The number of hydrogen-bond donors (Lipinski definition) is 2. The average molecular weight is 426 g/mol. The Morgan fingerprint density at radius 2 is 2.10 bits per heavy atom. The lowest BCUT2D eigenvalue weighted by Crippen LogP contribution is -2.23. The highest BCUT2D eigenvalue weighted by molar-refractivity contribution is 9.11. The summed E-state index contributed by atoms with van der Waals surface area (Å²) in [6.07, 6.45) is 0. The number of nitrogens with one attached hydrogen (secondary N) is 1. The Morgan fingerprint density at radius 3 is 2.62 bits per heavy atom. The maximum atomic E-state index is 12.2. The predicted octanol–water partition coefficient (Wildman–Crippen LogP) is 3.28. The Hall–Kier alpha value is -0.510. The molecule has 0 unspecified atom stereocenters. The van der Waals surface area contributed by atoms with Crippen molar-refractivity contribution in [3.8, 4) is 0 Å². The third-order valence-corrected chi connectivity index (χ3v) is 6.31. The molecule has 0 fully saturated rings. The van der Waals surface area contributed by atoms with Crippen molar-refractivity contribution in [2.24, 2.45) is 5.73 Å². The average Bonchev–Trinajstić information content (AvgIpc) is 2.82. The van der Waals surface area contributed by atoms with Crippen LogP contribution in [-0.4, -0.2) is 13.4 Å². The molecular formula is C12H10BrClN2O2S3. The van der Waals surface area contributed by atoms with Crippen LogP contribution in [0.2, 0.25) is 5.02 Å². The molecule has 0 aliphatic heterocycles. The monoisotopic (exact) mass is 424 g/mol.